The van der Waals surface area contributed by atoms with E-state index in [1.54, 1.807) is 13.2 Å². The molecule has 1 amide bonds. The number of aromatic amines is 1. The Morgan fingerprint density at radius 2 is 2.13 bits per heavy atom. The number of methoxy groups -OCH3 is 1. The highest BCUT2D eigenvalue weighted by atomic mass is 16.5. The van der Waals surface area contributed by atoms with Gasteiger partial charge in [-0.25, -0.2) is 5.10 Å². The molecule has 1 atom stereocenters. The zero-order chi connectivity index (χ0) is 21.7. The third-order valence-electron chi connectivity index (χ3n) is 5.38. The van der Waals surface area contributed by atoms with Gasteiger partial charge in [-0.1, -0.05) is 0 Å². The fourth-order valence-corrected chi connectivity index (χ4v) is 3.97. The van der Waals surface area contributed by atoms with Crippen LogP contribution in [0.3, 0.4) is 0 Å². The average Bonchev–Trinajstić information content (AvgIpc) is 3.30. The molecule has 160 valence electrons. The molecule has 0 saturated carbocycles. The van der Waals surface area contributed by atoms with Crippen LogP contribution in [-0.2, 0) is 9.53 Å². The summed E-state index contributed by atoms with van der Waals surface area (Å²) in [6.45, 7) is 8.44. The quantitative estimate of drug-likeness (QED) is 0.535. The molecule has 3 heterocycles. The Morgan fingerprint density at radius 1 is 1.40 bits per heavy atom. The number of hydrogen-bond acceptors (Lipinski definition) is 6. The van der Waals surface area contributed by atoms with Crippen molar-refractivity contribution in [2.75, 3.05) is 37.0 Å². The van der Waals surface area contributed by atoms with Crippen LogP contribution in [0, 0.1) is 25.2 Å². The molecule has 0 aliphatic carbocycles. The van der Waals surface area contributed by atoms with Gasteiger partial charge in [-0.3, -0.25) is 10.1 Å². The number of amides is 1. The van der Waals surface area contributed by atoms with Gasteiger partial charge in [-0.15, -0.1) is 5.10 Å². The second-order valence-corrected chi connectivity index (χ2v) is 7.66. The van der Waals surface area contributed by atoms with Gasteiger partial charge in [0.05, 0.1) is 12.6 Å². The highest BCUT2D eigenvalue weighted by Gasteiger charge is 2.19. The summed E-state index contributed by atoms with van der Waals surface area (Å²) in [5, 5.41) is 19.1. The van der Waals surface area contributed by atoms with Crippen molar-refractivity contribution in [3.8, 4) is 6.07 Å². The average molecular weight is 412 g/mol. The lowest BCUT2D eigenvalue weighted by Crippen LogP contribution is -2.30. The van der Waals surface area contributed by atoms with Gasteiger partial charge in [0, 0.05) is 31.6 Å². The number of H-pyrrole nitrogens is 1. The van der Waals surface area contributed by atoms with Gasteiger partial charge in [-0.2, -0.15) is 10.2 Å². The number of carbonyl (C=O) groups is 1. The minimum Gasteiger partial charge on any atom is -0.383 e. The van der Waals surface area contributed by atoms with Crippen LogP contribution in [0.15, 0.2) is 11.6 Å². The maximum atomic E-state index is 12.6. The molecule has 1 fully saturated rings. The smallest absolute Gasteiger partial charge is 0.268 e. The second-order valence-electron chi connectivity index (χ2n) is 7.66. The number of carbonyl (C=O) groups excluding carboxylic acids is 1. The highest BCUT2D eigenvalue weighted by molar-refractivity contribution is 6.09. The summed E-state index contributed by atoms with van der Waals surface area (Å²) in [6.07, 6.45) is 5.04. The maximum absolute atomic E-state index is 12.6. The van der Waals surface area contributed by atoms with Gasteiger partial charge in [-0.05, 0) is 57.7 Å². The number of anilines is 2. The predicted octanol–water partition coefficient (Wildman–Crippen LogP) is 2.97. The predicted molar refractivity (Wildman–Crippen MR) is 115 cm³/mol. The third kappa shape index (κ3) is 4.71. The van der Waals surface area contributed by atoms with Gasteiger partial charge in [0.25, 0.3) is 5.91 Å². The summed E-state index contributed by atoms with van der Waals surface area (Å²) in [7, 11) is 1.67. The molecule has 30 heavy (non-hydrogen) atoms. The molecule has 1 unspecified atom stereocenters. The number of aryl methyl sites for hydroxylation is 1. The van der Waals surface area contributed by atoms with E-state index in [0.717, 1.165) is 42.9 Å². The second kappa shape index (κ2) is 9.59. The zero-order valence-electron chi connectivity index (χ0n) is 18.0. The van der Waals surface area contributed by atoms with Crippen LogP contribution in [-0.4, -0.2) is 52.5 Å². The molecule has 1 aliphatic heterocycles. The monoisotopic (exact) mass is 411 g/mol. The molecule has 0 radical (unpaired) electrons. The van der Waals surface area contributed by atoms with Crippen LogP contribution in [0.4, 0.5) is 11.9 Å². The van der Waals surface area contributed by atoms with E-state index in [1.807, 2.05) is 26.0 Å². The van der Waals surface area contributed by atoms with Gasteiger partial charge in [0.2, 0.25) is 11.9 Å². The fourth-order valence-electron chi connectivity index (χ4n) is 3.97. The van der Waals surface area contributed by atoms with Gasteiger partial charge in [0.15, 0.2) is 0 Å². The van der Waals surface area contributed by atoms with Crippen molar-refractivity contribution in [3.05, 3.63) is 28.6 Å². The number of ether oxygens (including phenoxy) is 1. The number of piperidine rings is 1. The topological polar surface area (TPSA) is 112 Å². The van der Waals surface area contributed by atoms with Crippen LogP contribution in [0.5, 0.6) is 0 Å². The van der Waals surface area contributed by atoms with E-state index in [9.17, 15) is 10.1 Å². The van der Waals surface area contributed by atoms with Gasteiger partial charge < -0.3 is 14.2 Å². The number of nitriles is 1. The standard InChI is InChI=1S/C21H29N7O2/c1-14-10-17(16(3)28(14)15(2)13-30-4)11-18(12-22)19(29)23-20-24-21(26-25-20)27-8-6-5-7-9-27/h10-11,15H,5-9,13H2,1-4H3,(H2,23,24,25,26,29)/b18-11-. The SMILES string of the molecule is COCC(C)n1c(C)cc(/C=C(/C#N)C(=O)Nc2nc(N3CCCCC3)n[nH]2)c1C. The van der Waals surface area contributed by atoms with Crippen molar-refractivity contribution in [1.82, 2.24) is 19.7 Å². The number of aromatic nitrogens is 4. The van der Waals surface area contributed by atoms with Crippen LogP contribution in [0.1, 0.15) is 49.2 Å². The van der Waals surface area contributed by atoms with Crippen molar-refractivity contribution in [2.24, 2.45) is 0 Å². The molecule has 2 aromatic heterocycles. The van der Waals surface area contributed by atoms with Crippen molar-refractivity contribution in [1.29, 1.82) is 5.26 Å². The summed E-state index contributed by atoms with van der Waals surface area (Å²) in [5.41, 5.74) is 2.85. The fraction of sp³-hybridized carbons (Fsp3) is 0.524. The number of rotatable bonds is 7. The minimum absolute atomic E-state index is 0.00515. The molecule has 1 aliphatic rings. The molecule has 2 N–H and O–H groups in total. The Bertz CT molecular complexity index is 961. The first-order chi connectivity index (χ1) is 14.4. The maximum Gasteiger partial charge on any atom is 0.268 e. The largest absolute Gasteiger partial charge is 0.383 e. The van der Waals surface area contributed by atoms with E-state index < -0.39 is 5.91 Å². The molecule has 9 nitrogen and oxygen atoms in total. The molecule has 1 saturated heterocycles. The number of nitrogens with zero attached hydrogens (tertiary/aromatic N) is 5. The molecular weight excluding hydrogens is 382 g/mol. The molecule has 3 rings (SSSR count). The molecule has 0 bridgehead atoms. The first kappa shape index (κ1) is 21.6. The normalized spacial score (nSPS) is 15.7. The van der Waals surface area contributed by atoms with Gasteiger partial charge >= 0.3 is 0 Å². The highest BCUT2D eigenvalue weighted by Crippen LogP contribution is 2.23. The molecular formula is C21H29N7O2. The Balaban J connectivity index is 1.75. The van der Waals surface area contributed by atoms with Crippen molar-refractivity contribution < 1.29 is 9.53 Å². The van der Waals surface area contributed by atoms with Crippen molar-refractivity contribution >= 4 is 23.9 Å². The van der Waals surface area contributed by atoms with Crippen molar-refractivity contribution in [3.63, 3.8) is 0 Å². The van der Waals surface area contributed by atoms with Crippen molar-refractivity contribution in [2.45, 2.75) is 46.1 Å². The Kier molecular flexibility index (Phi) is 6.90. The van der Waals surface area contributed by atoms with E-state index in [4.69, 9.17) is 4.74 Å². The lowest BCUT2D eigenvalue weighted by molar-refractivity contribution is -0.112. The summed E-state index contributed by atoms with van der Waals surface area (Å²) >= 11 is 0. The van der Waals surface area contributed by atoms with E-state index in [1.165, 1.54) is 6.42 Å². The van der Waals surface area contributed by atoms with E-state index in [0.29, 0.717) is 12.6 Å². The van der Waals surface area contributed by atoms with Gasteiger partial charge in [0.1, 0.15) is 11.6 Å². The van der Waals surface area contributed by atoms with E-state index in [-0.39, 0.29) is 17.6 Å². The van der Waals surface area contributed by atoms with E-state index >= 15 is 0 Å². The molecule has 2 aromatic rings. The Morgan fingerprint density at radius 3 is 2.80 bits per heavy atom. The third-order valence-corrected chi connectivity index (χ3v) is 5.38. The summed E-state index contributed by atoms with van der Waals surface area (Å²) in [6, 6.07) is 4.11. The van der Waals surface area contributed by atoms with Crippen LogP contribution >= 0.6 is 0 Å². The van der Waals surface area contributed by atoms with E-state index in [2.05, 4.69) is 36.9 Å². The Hall–Kier alpha value is -3.12. The molecule has 0 aromatic carbocycles. The number of hydrogen-bond donors (Lipinski definition) is 2. The molecule has 0 spiro atoms. The zero-order valence-corrected chi connectivity index (χ0v) is 18.0. The number of nitrogens with one attached hydrogen (secondary N) is 2. The van der Waals surface area contributed by atoms with Crippen LogP contribution in [0.2, 0.25) is 0 Å². The van der Waals surface area contributed by atoms with Crippen LogP contribution in [0.25, 0.3) is 6.08 Å². The molecule has 9 heteroatoms. The summed E-state index contributed by atoms with van der Waals surface area (Å²) < 4.78 is 7.40. The Labute approximate surface area is 176 Å². The first-order valence-electron chi connectivity index (χ1n) is 10.2. The summed E-state index contributed by atoms with van der Waals surface area (Å²) in [5.74, 6) is 0.290. The van der Waals surface area contributed by atoms with Crippen LogP contribution < -0.4 is 10.2 Å². The first-order valence-corrected chi connectivity index (χ1v) is 10.2. The summed E-state index contributed by atoms with van der Waals surface area (Å²) in [4.78, 5) is 19.1. The lowest BCUT2D eigenvalue weighted by atomic mass is 10.1. The lowest BCUT2D eigenvalue weighted by Gasteiger charge is -2.24. The minimum atomic E-state index is -0.520.